The number of likely N-dealkylation sites (tertiary alicyclic amines) is 1. The van der Waals surface area contributed by atoms with E-state index in [0.29, 0.717) is 25.3 Å². The number of nitrogens with one attached hydrogen (secondary N) is 2. The molecule has 2 unspecified atom stereocenters. The van der Waals surface area contributed by atoms with Crippen LogP contribution in [0.5, 0.6) is 5.75 Å². The number of urea groups is 1. The first-order chi connectivity index (χ1) is 30.0. The molecule has 3 saturated heterocycles. The molecule has 6 N–H and O–H groups in total. The molecule has 2 aromatic heterocycles. The SMILES string of the molecule is C=Nn1cnc(/C(C=N)=C/N)c(OC(C)C)c1=Nc1ccc(S(=O)(=O)N2CCCC(CN3CCC(c4ccc5c(N6CCC(=O)NC6=O)nn(C)c5c4)CC3(C)C)C2)cc1F.CN. The van der Waals surface area contributed by atoms with Crippen molar-refractivity contribution in [3.05, 3.63) is 71.5 Å². The van der Waals surface area contributed by atoms with Crippen molar-refractivity contribution in [2.45, 2.75) is 82.3 Å². The largest absolute Gasteiger partial charge is 0.485 e. The number of carbonyl (C=O) groups is 2. The minimum Gasteiger partial charge on any atom is -0.485 e. The molecule has 7 rings (SSSR count). The first kappa shape index (κ1) is 46.7. The van der Waals surface area contributed by atoms with Crippen molar-refractivity contribution < 1.29 is 27.1 Å². The van der Waals surface area contributed by atoms with Gasteiger partial charge in [-0.05, 0) is 115 Å². The van der Waals surface area contributed by atoms with E-state index in [1.54, 1.807) is 18.5 Å². The number of aryl methyl sites for hydroxylation is 1. The number of halogens is 1. The topological polar surface area (TPSA) is 236 Å². The van der Waals surface area contributed by atoms with E-state index in [4.69, 9.17) is 15.9 Å². The highest BCUT2D eigenvalue weighted by atomic mass is 32.2. The predicted octanol–water partition coefficient (Wildman–Crippen LogP) is 4.42. The van der Waals surface area contributed by atoms with Crippen molar-refractivity contribution in [1.29, 1.82) is 5.41 Å². The van der Waals surface area contributed by atoms with Gasteiger partial charge in [0.1, 0.15) is 23.5 Å². The molecule has 0 bridgehead atoms. The lowest BCUT2D eigenvalue weighted by Crippen LogP contribution is -2.53. The van der Waals surface area contributed by atoms with Gasteiger partial charge < -0.3 is 21.6 Å². The fourth-order valence-electron chi connectivity index (χ4n) is 8.64. The third-order valence-electron chi connectivity index (χ3n) is 11.8. The van der Waals surface area contributed by atoms with E-state index >= 15 is 4.39 Å². The number of rotatable bonds is 12. The zero-order chi connectivity index (χ0) is 45.8. The number of nitrogens with zero attached hydrogens (tertiary/aromatic N) is 9. The van der Waals surface area contributed by atoms with Gasteiger partial charge in [-0.15, -0.1) is 0 Å². The number of anilines is 1. The van der Waals surface area contributed by atoms with Gasteiger partial charge in [-0.3, -0.25) is 24.6 Å². The lowest BCUT2D eigenvalue weighted by Gasteiger charge is -2.48. The smallest absolute Gasteiger partial charge is 0.329 e. The number of piperidine rings is 2. The molecule has 5 heterocycles. The van der Waals surface area contributed by atoms with Crippen LogP contribution in [-0.4, -0.2) is 113 Å². The molecule has 63 heavy (non-hydrogen) atoms. The van der Waals surface area contributed by atoms with Gasteiger partial charge in [0, 0.05) is 75.3 Å². The zero-order valence-corrected chi connectivity index (χ0v) is 37.5. The highest BCUT2D eigenvalue weighted by Gasteiger charge is 2.39. The van der Waals surface area contributed by atoms with Gasteiger partial charge in [-0.1, -0.05) is 6.07 Å². The van der Waals surface area contributed by atoms with Gasteiger partial charge in [0.2, 0.25) is 21.4 Å². The summed E-state index contributed by atoms with van der Waals surface area (Å²) in [6, 6.07) is 9.46. The summed E-state index contributed by atoms with van der Waals surface area (Å²) in [6.45, 7) is 14.1. The maximum absolute atomic E-state index is 15.9. The van der Waals surface area contributed by atoms with Gasteiger partial charge >= 0.3 is 6.03 Å². The third kappa shape index (κ3) is 9.73. The van der Waals surface area contributed by atoms with Gasteiger partial charge in [-0.2, -0.15) is 14.5 Å². The second-order valence-corrected chi connectivity index (χ2v) is 18.6. The lowest BCUT2D eigenvalue weighted by atomic mass is 9.78. The molecule has 3 amide bonds. The van der Waals surface area contributed by atoms with Gasteiger partial charge in [0.15, 0.2) is 11.6 Å². The molecule has 2 atom stereocenters. The maximum Gasteiger partial charge on any atom is 0.329 e. The van der Waals surface area contributed by atoms with Crippen LogP contribution >= 0.6 is 0 Å². The Kier molecular flexibility index (Phi) is 14.3. The molecule has 4 aromatic rings. The minimum absolute atomic E-state index is 0.0312. The van der Waals surface area contributed by atoms with Crippen molar-refractivity contribution in [1.82, 2.24) is 34.0 Å². The summed E-state index contributed by atoms with van der Waals surface area (Å²) < 4.78 is 54.4. The number of amides is 3. The second-order valence-electron chi connectivity index (χ2n) is 16.7. The highest BCUT2D eigenvalue weighted by Crippen LogP contribution is 2.40. The Hall–Kier alpha value is -5.83. The molecule has 3 aliphatic rings. The molecule has 18 nitrogen and oxygen atoms in total. The van der Waals surface area contributed by atoms with E-state index in [-0.39, 0.29) is 75.4 Å². The average molecular weight is 888 g/mol. The summed E-state index contributed by atoms with van der Waals surface area (Å²) >= 11 is 0. The van der Waals surface area contributed by atoms with E-state index in [0.717, 1.165) is 55.5 Å². The normalized spacial score (nSPS) is 20.4. The number of sulfonamides is 1. The van der Waals surface area contributed by atoms with Crippen LogP contribution in [0.3, 0.4) is 0 Å². The van der Waals surface area contributed by atoms with Crippen molar-refractivity contribution in [3.63, 3.8) is 0 Å². The van der Waals surface area contributed by atoms with E-state index in [1.165, 1.54) is 51.2 Å². The Balaban J connectivity index is 0.00000326. The standard InChI is InChI=1S/C42H53FN12O5S.CH5N/c1-26(2)60-38-37(30(21-44)22-45)47-25-55(46-5)40(38)48-34-12-10-31(19-33(34)43)61(58,59)53-15-7-8-27(24-53)23-52-16-13-29(20-42(52,3)4)28-9-11-32-35(18-28)51(6)50-39(32)54-17-14-36(56)49-41(54)57;1-2/h9-12,18-19,21-22,25-27,29,44H,5,7-8,13-17,20,23-24,45H2,1-4,6H3,(H,49,56,57);2H2,1H3/b30-22+,44-21?,48-40?;. The van der Waals surface area contributed by atoms with Gasteiger partial charge in [0.05, 0.1) is 16.5 Å². The first-order valence-corrected chi connectivity index (χ1v) is 22.4. The van der Waals surface area contributed by atoms with Crippen molar-refractivity contribution in [3.8, 4) is 5.75 Å². The molecule has 3 aliphatic heterocycles. The van der Waals surface area contributed by atoms with Crippen LogP contribution in [0.4, 0.5) is 20.7 Å². The molecular weight excluding hydrogens is 830 g/mol. The van der Waals surface area contributed by atoms with Crippen molar-refractivity contribution >= 4 is 62.9 Å². The number of hydrogen-bond donors (Lipinski definition) is 4. The number of fused-ring (bicyclic) bond motifs is 1. The number of aromatic nitrogens is 4. The predicted molar refractivity (Wildman–Crippen MR) is 241 cm³/mol. The molecule has 2 aromatic carbocycles. The van der Waals surface area contributed by atoms with E-state index < -0.39 is 21.9 Å². The van der Waals surface area contributed by atoms with Crippen LogP contribution in [0.15, 0.2) is 63.9 Å². The Morgan fingerprint density at radius 2 is 1.90 bits per heavy atom. The summed E-state index contributed by atoms with van der Waals surface area (Å²) in [5.74, 6) is -0.151. The van der Waals surface area contributed by atoms with Crippen LogP contribution < -0.4 is 31.9 Å². The lowest BCUT2D eigenvalue weighted by molar-refractivity contribution is -0.120. The monoisotopic (exact) mass is 887 g/mol. The molecule has 0 spiro atoms. The molecule has 0 aliphatic carbocycles. The van der Waals surface area contributed by atoms with Gasteiger partial charge in [-0.25, -0.2) is 32.3 Å². The highest BCUT2D eigenvalue weighted by molar-refractivity contribution is 7.89. The summed E-state index contributed by atoms with van der Waals surface area (Å²) in [4.78, 5) is 36.9. The Morgan fingerprint density at radius 3 is 2.56 bits per heavy atom. The maximum atomic E-state index is 15.9. The number of imide groups is 1. The van der Waals surface area contributed by atoms with Crippen LogP contribution in [-0.2, 0) is 21.9 Å². The summed E-state index contributed by atoms with van der Waals surface area (Å²) in [6.07, 6.45) is 6.74. The number of benzene rings is 2. The van der Waals surface area contributed by atoms with Crippen molar-refractivity contribution in [2.24, 2.45) is 34.5 Å². The Bertz CT molecular complexity index is 2600. The first-order valence-electron chi connectivity index (χ1n) is 21.0. The number of nitrogens with two attached hydrogens (primary N) is 2. The molecule has 0 radical (unpaired) electrons. The van der Waals surface area contributed by atoms with Crippen molar-refractivity contribution in [2.75, 3.05) is 44.7 Å². The zero-order valence-electron chi connectivity index (χ0n) is 36.7. The summed E-state index contributed by atoms with van der Waals surface area (Å²) in [7, 11) is -0.687. The Labute approximate surface area is 367 Å². The summed E-state index contributed by atoms with van der Waals surface area (Å²) in [5, 5.41) is 19.6. The van der Waals surface area contributed by atoms with Crippen LogP contribution in [0, 0.1) is 17.1 Å². The second kappa shape index (κ2) is 19.3. The third-order valence-corrected chi connectivity index (χ3v) is 13.6. The minimum atomic E-state index is -4.04. The molecule has 0 saturated carbocycles. The fraction of sp³-hybridized carbons (Fsp3) is 0.465. The average Bonchev–Trinajstić information content (AvgIpc) is 3.58. The molecule has 3 fully saturated rings. The van der Waals surface area contributed by atoms with E-state index in [9.17, 15) is 18.0 Å². The van der Waals surface area contributed by atoms with Crippen LogP contribution in [0.25, 0.3) is 16.5 Å². The van der Waals surface area contributed by atoms with Crippen LogP contribution in [0.1, 0.15) is 77.0 Å². The number of carbonyl (C=O) groups excluding carboxylic acids is 2. The van der Waals surface area contributed by atoms with Gasteiger partial charge in [0.25, 0.3) is 0 Å². The fourth-order valence-corrected chi connectivity index (χ4v) is 10.2. The number of ether oxygens (including phenoxy) is 1. The molecular formula is C43H58FN13O5S. The van der Waals surface area contributed by atoms with E-state index in [2.05, 4.69) is 68.8 Å². The number of hydrogen-bond acceptors (Lipinski definition) is 13. The quantitative estimate of drug-likeness (QED) is 0.146. The molecule has 338 valence electrons. The number of allylic oxidation sites excluding steroid dienone is 1. The summed E-state index contributed by atoms with van der Waals surface area (Å²) in [5.41, 5.74) is 12.5. The van der Waals surface area contributed by atoms with E-state index in [1.807, 2.05) is 13.1 Å². The molecule has 20 heteroatoms. The van der Waals surface area contributed by atoms with Crippen LogP contribution in [0.2, 0.25) is 0 Å². The Morgan fingerprint density at radius 1 is 1.14 bits per heavy atom.